The second kappa shape index (κ2) is 74.0. The van der Waals surface area contributed by atoms with Gasteiger partial charge in [-0.1, -0.05) is 303 Å². The van der Waals surface area contributed by atoms with E-state index < -0.39 is 12.1 Å². The van der Waals surface area contributed by atoms with Crippen LogP contribution in [0.15, 0.2) is 0 Å². The molecule has 0 aliphatic heterocycles. The summed E-state index contributed by atoms with van der Waals surface area (Å²) < 4.78 is 47.9. The summed E-state index contributed by atoms with van der Waals surface area (Å²) in [4.78, 5) is 4.79. The van der Waals surface area contributed by atoms with Crippen LogP contribution in [-0.2, 0) is 9.47 Å². The Hall–Kier alpha value is -0.450. The Balaban J connectivity index is -0.000000117. The van der Waals surface area contributed by atoms with Crippen molar-refractivity contribution in [3.05, 3.63) is 0 Å². The van der Waals surface area contributed by atoms with E-state index in [1.807, 2.05) is 13.8 Å². The SMILES string of the molecule is CC(C)CC(C)C(C)C.CC(C)CCC(C(C)C)C(F)(F)F.CC(C)CCC(C)C.CC(C)CCNC(C)C.CC(C)CN(C)C(C)C.CC(C)COC(C)C.CC(C)COCC(C)C.CC(C)C[C@@H](C)C(C)C.CC(C)C[C@H](C)C(C)C.CC(C)N(C)C(C)(C)C(C)C.CC(C)NC1CC1C(C)C. The molecule has 0 saturated heterocycles. The fraction of sp³-hybridized carbons (Fsp3) is 1.00. The first-order chi connectivity index (χ1) is 46.8. The monoisotopic (exact) mass is 1500 g/mol. The van der Waals surface area contributed by atoms with E-state index in [1.165, 1.54) is 51.5 Å². The second-order valence-corrected chi connectivity index (χ2v) is 40.7. The predicted octanol–water partition coefficient (Wildman–Crippen LogP) is 30.5. The largest absolute Gasteiger partial charge is 0.392 e. The van der Waals surface area contributed by atoms with Gasteiger partial charge in [-0.05, 0) is 239 Å². The zero-order valence-electron chi connectivity index (χ0n) is 81.9. The molecule has 0 heterocycles. The number of hydrogen-bond donors (Lipinski definition) is 2. The van der Waals surface area contributed by atoms with Gasteiger partial charge in [0.15, 0.2) is 0 Å². The lowest BCUT2D eigenvalue weighted by Gasteiger charge is -2.41. The number of alkyl halides is 3. The molecule has 104 heavy (non-hydrogen) atoms. The maximum Gasteiger partial charge on any atom is 0.392 e. The van der Waals surface area contributed by atoms with Crippen molar-refractivity contribution in [2.45, 2.75) is 445 Å². The molecule has 0 spiro atoms. The molecule has 6 atom stereocenters. The molecular formula is C95H211F3N4O2. The first-order valence-corrected chi connectivity index (χ1v) is 44.0. The predicted molar refractivity (Wildman–Crippen MR) is 476 cm³/mol. The van der Waals surface area contributed by atoms with Crippen LogP contribution in [0, 0.1) is 130 Å². The van der Waals surface area contributed by atoms with Gasteiger partial charge in [-0.2, -0.15) is 13.2 Å². The van der Waals surface area contributed by atoms with Crippen LogP contribution < -0.4 is 10.6 Å². The van der Waals surface area contributed by atoms with Crippen LogP contribution in [0.3, 0.4) is 0 Å². The van der Waals surface area contributed by atoms with Gasteiger partial charge in [0.2, 0.25) is 0 Å². The Kier molecular flexibility index (Phi) is 88.5. The van der Waals surface area contributed by atoms with Gasteiger partial charge in [0.05, 0.1) is 12.0 Å². The van der Waals surface area contributed by atoms with Crippen LogP contribution in [0.4, 0.5) is 13.2 Å². The Morgan fingerprint density at radius 3 is 0.856 bits per heavy atom. The third-order valence-electron chi connectivity index (χ3n) is 19.4. The molecule has 2 N–H and O–H groups in total. The van der Waals surface area contributed by atoms with Gasteiger partial charge in [-0.25, -0.2) is 0 Å². The summed E-state index contributed by atoms with van der Waals surface area (Å²) in [6.45, 7) is 114. The third-order valence-corrected chi connectivity index (χ3v) is 19.4. The van der Waals surface area contributed by atoms with E-state index in [1.54, 1.807) is 13.8 Å². The van der Waals surface area contributed by atoms with Gasteiger partial charge in [-0.15, -0.1) is 0 Å². The molecule has 9 heteroatoms. The van der Waals surface area contributed by atoms with Crippen molar-refractivity contribution in [3.63, 3.8) is 0 Å². The number of hydrogen-bond acceptors (Lipinski definition) is 6. The van der Waals surface area contributed by atoms with Gasteiger partial charge in [-0.3, -0.25) is 4.90 Å². The third kappa shape index (κ3) is 106. The Morgan fingerprint density at radius 1 is 0.375 bits per heavy atom. The lowest BCUT2D eigenvalue weighted by Crippen LogP contribution is -2.48. The summed E-state index contributed by atoms with van der Waals surface area (Å²) in [5.74, 6) is 14.7. The van der Waals surface area contributed by atoms with E-state index in [9.17, 15) is 13.2 Å². The van der Waals surface area contributed by atoms with Crippen LogP contribution in [0.1, 0.15) is 397 Å². The summed E-state index contributed by atoms with van der Waals surface area (Å²) in [6, 6.07) is 3.46. The Morgan fingerprint density at radius 2 is 0.702 bits per heavy atom. The van der Waals surface area contributed by atoms with E-state index >= 15 is 0 Å². The maximum atomic E-state index is 12.4. The number of nitrogens with one attached hydrogen (secondary N) is 2. The zero-order chi connectivity index (χ0) is 85.0. The summed E-state index contributed by atoms with van der Waals surface area (Å²) >= 11 is 0. The number of ether oxygens (including phenoxy) is 2. The molecular weight excluding hydrogens is 1290 g/mol. The minimum atomic E-state index is -4.02. The second-order valence-electron chi connectivity index (χ2n) is 40.7. The fourth-order valence-corrected chi connectivity index (χ4v) is 10.1. The van der Waals surface area contributed by atoms with Crippen molar-refractivity contribution < 1.29 is 22.6 Å². The molecule has 1 saturated carbocycles. The fourth-order valence-electron chi connectivity index (χ4n) is 10.1. The lowest BCUT2D eigenvalue weighted by atomic mass is 9.88. The van der Waals surface area contributed by atoms with Crippen LogP contribution in [0.5, 0.6) is 0 Å². The minimum absolute atomic E-state index is 0.263. The summed E-state index contributed by atoms with van der Waals surface area (Å²) in [5.41, 5.74) is 0.314. The number of rotatable bonds is 36. The van der Waals surface area contributed by atoms with Crippen molar-refractivity contribution in [1.82, 2.24) is 20.4 Å². The topological polar surface area (TPSA) is 49.0 Å². The zero-order valence-corrected chi connectivity index (χ0v) is 81.9. The molecule has 6 nitrogen and oxygen atoms in total. The Bertz CT molecular complexity index is 1510. The van der Waals surface area contributed by atoms with Crippen LogP contribution in [0.25, 0.3) is 0 Å². The summed E-state index contributed by atoms with van der Waals surface area (Å²) in [5, 5.41) is 6.92. The van der Waals surface area contributed by atoms with Crippen molar-refractivity contribution in [3.8, 4) is 0 Å². The molecule has 0 radical (unpaired) electrons. The van der Waals surface area contributed by atoms with E-state index in [0.717, 1.165) is 121 Å². The van der Waals surface area contributed by atoms with Gasteiger partial charge in [0.1, 0.15) is 0 Å². The van der Waals surface area contributed by atoms with Crippen LogP contribution in [0.2, 0.25) is 0 Å². The van der Waals surface area contributed by atoms with E-state index in [0.29, 0.717) is 71.8 Å². The summed E-state index contributed by atoms with van der Waals surface area (Å²) in [7, 11) is 4.37. The first kappa shape index (κ1) is 124. The average molecular weight is 1500 g/mol. The van der Waals surface area contributed by atoms with Crippen molar-refractivity contribution in [2.75, 3.05) is 47.0 Å². The molecule has 1 fully saturated rings. The molecule has 0 aromatic heterocycles. The van der Waals surface area contributed by atoms with Crippen LogP contribution >= 0.6 is 0 Å². The molecule has 1 aliphatic rings. The van der Waals surface area contributed by atoms with E-state index in [4.69, 9.17) is 9.47 Å². The molecule has 644 valence electrons. The van der Waals surface area contributed by atoms with Crippen molar-refractivity contribution in [2.24, 2.45) is 130 Å². The molecule has 0 aromatic carbocycles. The van der Waals surface area contributed by atoms with E-state index in [2.05, 4.69) is 346 Å². The average Bonchev–Trinajstić information content (AvgIpc) is 1.66. The van der Waals surface area contributed by atoms with Crippen molar-refractivity contribution in [1.29, 1.82) is 0 Å². The highest BCUT2D eigenvalue weighted by molar-refractivity contribution is 4.95. The van der Waals surface area contributed by atoms with Crippen LogP contribution in [-0.4, -0.2) is 105 Å². The van der Waals surface area contributed by atoms with E-state index in [-0.39, 0.29) is 12.3 Å². The number of nitrogens with zero attached hydrogens (tertiary/aromatic N) is 2. The summed E-state index contributed by atoms with van der Waals surface area (Å²) in [6.07, 6.45) is 6.86. The van der Waals surface area contributed by atoms with Gasteiger partial charge < -0.3 is 25.0 Å². The molecule has 1 aliphatic carbocycles. The minimum Gasteiger partial charge on any atom is -0.381 e. The Labute approximate surface area is 661 Å². The molecule has 0 amide bonds. The standard InChI is InChI=1S/C10H19F3.C10H23N.C9H19N.3C9H20.2C8H19N.C8H18O.C8H18.C7H16O/c1-7(2)5-6-9(8(3)4)10(11,12)13;1-8(2)10(5,6)11(7)9(3)4;1-6(2)8-5-9(8)10-7(3)4;4*1-7(2)6-9(5)8(3)4;1-7(2)5-6-9-8(3)4;1-7(2)5-9-6-8(3)4;1-7(2)5-6-8(3)4;1-6(2)5-8-7(3)4/h7-9H,5-6H2,1-4H3;8-9H,1-7H3;6-10H,5H2,1-4H3;3*7-9H,6H2,1-5H3;7-8H,6H2,1-5H3;7-9H,5-6H2,1-4H3;7-8H,5-6H2,1-4H3;7-8H,5-6H2,1-4H3;6-7H,5H2,1-4H3/t;;;2*9-;;;;;;/m...10....../s1. The highest BCUT2D eigenvalue weighted by Gasteiger charge is 2.41. The van der Waals surface area contributed by atoms with Gasteiger partial charge in [0, 0.05) is 62.1 Å². The number of halogens is 3. The highest BCUT2D eigenvalue weighted by Crippen LogP contribution is 2.38. The van der Waals surface area contributed by atoms with Crippen molar-refractivity contribution >= 4 is 0 Å². The first-order valence-electron chi connectivity index (χ1n) is 44.0. The smallest absolute Gasteiger partial charge is 0.381 e. The molecule has 0 aromatic rings. The maximum absolute atomic E-state index is 12.4. The molecule has 0 bridgehead atoms. The highest BCUT2D eigenvalue weighted by atomic mass is 19.4. The molecule has 1 rings (SSSR count). The van der Waals surface area contributed by atoms with Gasteiger partial charge >= 0.3 is 6.18 Å². The molecule has 4 unspecified atom stereocenters. The lowest BCUT2D eigenvalue weighted by molar-refractivity contribution is -0.188. The quantitative estimate of drug-likeness (QED) is 0.0652. The normalized spacial score (nSPS) is 15.1. The van der Waals surface area contributed by atoms with Gasteiger partial charge in [0.25, 0.3) is 0 Å².